The Balaban J connectivity index is 1.70. The van der Waals surface area contributed by atoms with Crippen LogP contribution in [-0.2, 0) is 4.79 Å². The van der Waals surface area contributed by atoms with Crippen LogP contribution in [0.2, 0.25) is 0 Å². The van der Waals surface area contributed by atoms with Crippen LogP contribution in [0, 0.1) is 11.7 Å². The fourth-order valence-electron chi connectivity index (χ4n) is 4.06. The average molecular weight is 509 g/mol. The van der Waals surface area contributed by atoms with Crippen LogP contribution in [0.5, 0.6) is 0 Å². The van der Waals surface area contributed by atoms with E-state index < -0.39 is 5.92 Å². The molecule has 0 aliphatic heterocycles. The summed E-state index contributed by atoms with van der Waals surface area (Å²) in [6, 6.07) is 17.8. The number of nitrogens with zero attached hydrogens (tertiary/aromatic N) is 3. The van der Waals surface area contributed by atoms with E-state index in [1.165, 1.54) is 23.5 Å². The minimum atomic E-state index is -0.470. The van der Waals surface area contributed by atoms with Gasteiger partial charge in [-0.15, -0.1) is 21.5 Å². The van der Waals surface area contributed by atoms with Crippen molar-refractivity contribution in [3.63, 3.8) is 0 Å². The van der Waals surface area contributed by atoms with Crippen LogP contribution in [0.15, 0.2) is 66.2 Å². The third-order valence-electron chi connectivity index (χ3n) is 5.85. The zero-order chi connectivity index (χ0) is 24.9. The quantitative estimate of drug-likeness (QED) is 0.337. The van der Waals surface area contributed by atoms with E-state index in [0.717, 1.165) is 20.9 Å². The second kappa shape index (κ2) is 10.9. The zero-order valence-corrected chi connectivity index (χ0v) is 21.2. The molecule has 0 unspecified atom stereocenters. The Labute approximate surface area is 211 Å². The molecule has 0 radical (unpaired) electrons. The number of hydrogen-bond acceptors (Lipinski definition) is 6. The highest BCUT2D eigenvalue weighted by Gasteiger charge is 2.32. The first kappa shape index (κ1) is 24.7. The van der Waals surface area contributed by atoms with Crippen molar-refractivity contribution in [1.29, 1.82) is 0 Å². The maximum Gasteiger partial charge on any atom is 0.251 e. The number of benzene rings is 2. The Morgan fingerprint density at radius 3 is 2.51 bits per heavy atom. The Kier molecular flexibility index (Phi) is 7.67. The first-order valence-corrected chi connectivity index (χ1v) is 12.9. The molecular weight excluding hydrogens is 483 g/mol. The Hall–Kier alpha value is -3.43. The molecule has 4 rings (SSSR count). The summed E-state index contributed by atoms with van der Waals surface area (Å²) in [6.07, 6.45) is 0. The van der Waals surface area contributed by atoms with Crippen molar-refractivity contribution in [2.24, 2.45) is 5.92 Å². The van der Waals surface area contributed by atoms with Gasteiger partial charge in [-0.3, -0.25) is 14.5 Å². The van der Waals surface area contributed by atoms with Crippen LogP contribution in [-0.4, -0.2) is 35.6 Å². The number of anilines is 1. The van der Waals surface area contributed by atoms with E-state index in [2.05, 4.69) is 15.5 Å². The summed E-state index contributed by atoms with van der Waals surface area (Å²) in [5, 5.41) is 11.1. The first-order chi connectivity index (χ1) is 16.9. The van der Waals surface area contributed by atoms with Crippen LogP contribution in [0.25, 0.3) is 10.4 Å². The summed E-state index contributed by atoms with van der Waals surface area (Å²) in [6.45, 7) is 4.23. The number of hydrogen-bond donors (Lipinski definition) is 1. The van der Waals surface area contributed by atoms with Gasteiger partial charge in [0.25, 0.3) is 5.91 Å². The van der Waals surface area contributed by atoms with Crippen molar-refractivity contribution in [3.05, 3.63) is 88.0 Å². The maximum atomic E-state index is 14.2. The van der Waals surface area contributed by atoms with Crippen molar-refractivity contribution in [2.75, 3.05) is 18.5 Å². The molecular formula is C26H25FN4O2S2. The molecule has 2 amide bonds. The van der Waals surface area contributed by atoms with E-state index >= 15 is 0 Å². The lowest BCUT2D eigenvalue weighted by Crippen LogP contribution is -2.37. The van der Waals surface area contributed by atoms with E-state index in [0.29, 0.717) is 17.2 Å². The summed E-state index contributed by atoms with van der Waals surface area (Å²) >= 11 is 2.87. The molecule has 180 valence electrons. The van der Waals surface area contributed by atoms with Crippen LogP contribution < -0.4 is 10.2 Å². The molecule has 4 aromatic rings. The predicted molar refractivity (Wildman–Crippen MR) is 138 cm³/mol. The number of halogens is 1. The SMILES string of the molecule is CCN(C(=O)[C@@H](C)[C@@H](c1cccc(F)c1)c1ccc(-c2ccc(C(=O)NC)cc2)s1)c1nncs1. The first-order valence-electron chi connectivity index (χ1n) is 11.2. The van der Waals surface area contributed by atoms with Gasteiger partial charge in [-0.1, -0.05) is 42.5 Å². The molecule has 6 nitrogen and oxygen atoms in total. The standard InChI is InChI=1S/C26H25FN4O2S2/c1-4-31(26-30-29-15-34-26)25(33)16(2)23(19-6-5-7-20(27)14-19)22-13-12-21(35-22)17-8-10-18(11-9-17)24(32)28-3/h5-16,23H,4H2,1-3H3,(H,28,32)/t16-,23-/m0/s1. The highest BCUT2D eigenvalue weighted by molar-refractivity contribution is 7.15. The molecule has 1 N–H and O–H groups in total. The molecule has 0 saturated carbocycles. The lowest BCUT2D eigenvalue weighted by Gasteiger charge is -2.27. The van der Waals surface area contributed by atoms with Gasteiger partial charge >= 0.3 is 0 Å². The predicted octanol–water partition coefficient (Wildman–Crippen LogP) is 5.59. The molecule has 0 saturated heterocycles. The summed E-state index contributed by atoms with van der Waals surface area (Å²) < 4.78 is 14.2. The Bertz CT molecular complexity index is 1310. The normalized spacial score (nSPS) is 12.7. The summed E-state index contributed by atoms with van der Waals surface area (Å²) in [4.78, 5) is 29.0. The minimum absolute atomic E-state index is 0.0941. The average Bonchev–Trinajstić information content (AvgIpc) is 3.57. The number of aromatic nitrogens is 2. The third kappa shape index (κ3) is 5.31. The molecule has 2 aromatic heterocycles. The molecule has 2 atom stereocenters. The number of carbonyl (C=O) groups is 2. The van der Waals surface area contributed by atoms with Crippen LogP contribution in [0.4, 0.5) is 9.52 Å². The highest BCUT2D eigenvalue weighted by Crippen LogP contribution is 2.40. The maximum absolute atomic E-state index is 14.2. The minimum Gasteiger partial charge on any atom is -0.355 e. The van der Waals surface area contributed by atoms with Crippen molar-refractivity contribution >= 4 is 39.6 Å². The van der Waals surface area contributed by atoms with Crippen molar-refractivity contribution in [2.45, 2.75) is 19.8 Å². The van der Waals surface area contributed by atoms with Crippen molar-refractivity contribution < 1.29 is 14.0 Å². The Morgan fingerprint density at radius 2 is 1.89 bits per heavy atom. The zero-order valence-electron chi connectivity index (χ0n) is 19.6. The molecule has 0 bridgehead atoms. The van der Waals surface area contributed by atoms with Gasteiger partial charge in [-0.25, -0.2) is 4.39 Å². The molecule has 9 heteroatoms. The molecule has 2 heterocycles. The lowest BCUT2D eigenvalue weighted by atomic mass is 9.85. The fraction of sp³-hybridized carbons (Fsp3) is 0.231. The van der Waals surface area contributed by atoms with Crippen molar-refractivity contribution in [1.82, 2.24) is 15.5 Å². The summed E-state index contributed by atoms with van der Waals surface area (Å²) in [5.41, 5.74) is 3.89. The number of amides is 2. The fourth-order valence-corrected chi connectivity index (χ4v) is 5.94. The second-order valence-electron chi connectivity index (χ2n) is 7.98. The van der Waals surface area contributed by atoms with Gasteiger partial charge in [-0.2, -0.15) is 0 Å². The van der Waals surface area contributed by atoms with Crippen LogP contribution in [0.3, 0.4) is 0 Å². The van der Waals surface area contributed by atoms with Gasteiger partial charge in [0.2, 0.25) is 11.0 Å². The Morgan fingerprint density at radius 1 is 1.11 bits per heavy atom. The van der Waals surface area contributed by atoms with E-state index in [4.69, 9.17) is 0 Å². The van der Waals surface area contributed by atoms with E-state index in [-0.39, 0.29) is 23.5 Å². The van der Waals surface area contributed by atoms with Crippen LogP contribution >= 0.6 is 22.7 Å². The lowest BCUT2D eigenvalue weighted by molar-refractivity contribution is -0.122. The number of rotatable bonds is 8. The molecule has 0 fully saturated rings. The smallest absolute Gasteiger partial charge is 0.251 e. The van der Waals surface area contributed by atoms with Gasteiger partial charge in [0.15, 0.2) is 0 Å². The molecule has 2 aromatic carbocycles. The van der Waals surface area contributed by atoms with Gasteiger partial charge in [0, 0.05) is 40.7 Å². The van der Waals surface area contributed by atoms with Gasteiger partial charge < -0.3 is 5.32 Å². The number of carbonyl (C=O) groups excluding carboxylic acids is 2. The monoisotopic (exact) mass is 508 g/mol. The summed E-state index contributed by atoms with van der Waals surface area (Å²) in [5.74, 6) is -1.39. The topological polar surface area (TPSA) is 75.2 Å². The molecule has 0 spiro atoms. The molecule has 0 aliphatic carbocycles. The van der Waals surface area contributed by atoms with Gasteiger partial charge in [-0.05, 0) is 54.4 Å². The van der Waals surface area contributed by atoms with Gasteiger partial charge in [0.1, 0.15) is 11.3 Å². The molecule has 35 heavy (non-hydrogen) atoms. The third-order valence-corrected chi connectivity index (χ3v) is 7.78. The van der Waals surface area contributed by atoms with Gasteiger partial charge in [0.05, 0.1) is 0 Å². The second-order valence-corrected chi connectivity index (χ2v) is 9.91. The number of nitrogens with one attached hydrogen (secondary N) is 1. The van der Waals surface area contributed by atoms with Crippen molar-refractivity contribution in [3.8, 4) is 10.4 Å². The summed E-state index contributed by atoms with van der Waals surface area (Å²) in [7, 11) is 1.60. The van der Waals surface area contributed by atoms with Crippen LogP contribution in [0.1, 0.15) is 40.6 Å². The van der Waals surface area contributed by atoms with E-state index in [9.17, 15) is 14.0 Å². The number of thiophene rings is 1. The largest absolute Gasteiger partial charge is 0.355 e. The molecule has 0 aliphatic rings. The van der Waals surface area contributed by atoms with E-state index in [1.807, 2.05) is 44.2 Å². The van der Waals surface area contributed by atoms with E-state index in [1.54, 1.807) is 47.0 Å². The highest BCUT2D eigenvalue weighted by atomic mass is 32.1.